The van der Waals surface area contributed by atoms with Gasteiger partial charge in [0.05, 0.1) is 12.2 Å². The van der Waals surface area contributed by atoms with Crippen LogP contribution in [0.5, 0.6) is 5.75 Å². The summed E-state index contributed by atoms with van der Waals surface area (Å²) in [7, 11) is 1.76. The van der Waals surface area contributed by atoms with E-state index in [1.165, 1.54) is 0 Å². The molecule has 3 rings (SSSR count). The Morgan fingerprint density at radius 3 is 2.73 bits per heavy atom. The van der Waals surface area contributed by atoms with Crippen LogP contribution in [-0.2, 0) is 4.74 Å². The van der Waals surface area contributed by atoms with Crippen molar-refractivity contribution in [1.29, 1.82) is 0 Å². The predicted octanol–water partition coefficient (Wildman–Crippen LogP) is 3.50. The molecule has 0 aliphatic carbocycles. The number of nitrogens with zero attached hydrogens (tertiary/aromatic N) is 1. The first-order valence-electron chi connectivity index (χ1n) is 7.02. The normalized spacial score (nSPS) is 16.2. The third-order valence-corrected chi connectivity index (χ3v) is 3.94. The SMILES string of the molecule is CN(C(=O)c1ccc(Br)cc1OCC1CO1)c1ccccc1. The second kappa shape index (κ2) is 6.50. The molecule has 0 radical (unpaired) electrons. The summed E-state index contributed by atoms with van der Waals surface area (Å²) < 4.78 is 11.8. The first kappa shape index (κ1) is 15.1. The number of hydrogen-bond donors (Lipinski definition) is 0. The Kier molecular flexibility index (Phi) is 4.45. The van der Waals surface area contributed by atoms with E-state index in [0.717, 1.165) is 16.8 Å². The number of amides is 1. The van der Waals surface area contributed by atoms with E-state index in [9.17, 15) is 4.79 Å². The summed E-state index contributed by atoms with van der Waals surface area (Å²) in [6, 6.07) is 15.0. The fraction of sp³-hybridized carbons (Fsp3) is 0.235. The Bertz CT molecular complexity index is 671. The van der Waals surface area contributed by atoms with Gasteiger partial charge in [-0.1, -0.05) is 34.1 Å². The van der Waals surface area contributed by atoms with Crippen molar-refractivity contribution in [1.82, 2.24) is 0 Å². The molecule has 1 aliphatic rings. The lowest BCUT2D eigenvalue weighted by atomic mass is 10.1. The van der Waals surface area contributed by atoms with Crippen LogP contribution in [0.2, 0.25) is 0 Å². The Morgan fingerprint density at radius 2 is 2.05 bits per heavy atom. The maximum Gasteiger partial charge on any atom is 0.261 e. The van der Waals surface area contributed by atoms with Crippen molar-refractivity contribution in [3.63, 3.8) is 0 Å². The Morgan fingerprint density at radius 1 is 1.32 bits per heavy atom. The van der Waals surface area contributed by atoms with Gasteiger partial charge in [0.2, 0.25) is 0 Å². The monoisotopic (exact) mass is 361 g/mol. The number of hydrogen-bond acceptors (Lipinski definition) is 3. The molecule has 2 aromatic rings. The zero-order valence-electron chi connectivity index (χ0n) is 12.2. The van der Waals surface area contributed by atoms with Gasteiger partial charge in [-0.05, 0) is 30.3 Å². The lowest BCUT2D eigenvalue weighted by Crippen LogP contribution is -2.26. The fourth-order valence-electron chi connectivity index (χ4n) is 2.09. The number of rotatable bonds is 5. The molecule has 4 nitrogen and oxygen atoms in total. The molecule has 2 aromatic carbocycles. The van der Waals surface area contributed by atoms with Gasteiger partial charge in [-0.3, -0.25) is 4.79 Å². The van der Waals surface area contributed by atoms with Crippen LogP contribution in [0, 0.1) is 0 Å². The van der Waals surface area contributed by atoms with Gasteiger partial charge in [-0.15, -0.1) is 0 Å². The molecular weight excluding hydrogens is 346 g/mol. The summed E-state index contributed by atoms with van der Waals surface area (Å²) >= 11 is 3.41. The first-order valence-corrected chi connectivity index (χ1v) is 7.81. The Labute approximate surface area is 137 Å². The molecule has 0 saturated carbocycles. The van der Waals surface area contributed by atoms with Crippen LogP contribution >= 0.6 is 15.9 Å². The number of halogens is 1. The molecule has 1 saturated heterocycles. The van der Waals surface area contributed by atoms with Crippen molar-refractivity contribution < 1.29 is 14.3 Å². The molecule has 1 unspecified atom stereocenters. The zero-order chi connectivity index (χ0) is 15.5. The molecule has 1 amide bonds. The average Bonchev–Trinajstić information content (AvgIpc) is 3.37. The first-order chi connectivity index (χ1) is 10.6. The van der Waals surface area contributed by atoms with Crippen molar-refractivity contribution in [3.05, 3.63) is 58.6 Å². The van der Waals surface area contributed by atoms with E-state index in [0.29, 0.717) is 17.9 Å². The highest BCUT2D eigenvalue weighted by Crippen LogP contribution is 2.27. The van der Waals surface area contributed by atoms with Gasteiger partial charge < -0.3 is 14.4 Å². The van der Waals surface area contributed by atoms with E-state index in [1.807, 2.05) is 42.5 Å². The number of carbonyl (C=O) groups excluding carboxylic acids is 1. The highest BCUT2D eigenvalue weighted by atomic mass is 79.9. The summed E-state index contributed by atoms with van der Waals surface area (Å²) in [5.41, 5.74) is 1.38. The van der Waals surface area contributed by atoms with E-state index in [1.54, 1.807) is 18.0 Å². The number of anilines is 1. The maximum absolute atomic E-state index is 12.7. The molecule has 1 atom stereocenters. The van der Waals surface area contributed by atoms with Gasteiger partial charge in [0.15, 0.2) is 0 Å². The van der Waals surface area contributed by atoms with Crippen molar-refractivity contribution in [2.45, 2.75) is 6.10 Å². The molecule has 1 aliphatic heterocycles. The largest absolute Gasteiger partial charge is 0.490 e. The predicted molar refractivity (Wildman–Crippen MR) is 88.6 cm³/mol. The lowest BCUT2D eigenvalue weighted by molar-refractivity contribution is 0.0988. The molecule has 0 spiro atoms. The standard InChI is InChI=1S/C17H16BrNO3/c1-19(13-5-3-2-4-6-13)17(20)15-8-7-12(18)9-16(15)22-11-14-10-21-14/h2-9,14H,10-11H2,1H3. The van der Waals surface area contributed by atoms with Crippen molar-refractivity contribution in [3.8, 4) is 5.75 Å². The smallest absolute Gasteiger partial charge is 0.261 e. The van der Waals surface area contributed by atoms with Crippen LogP contribution in [0.3, 0.4) is 0 Å². The van der Waals surface area contributed by atoms with Gasteiger partial charge in [0.1, 0.15) is 18.5 Å². The van der Waals surface area contributed by atoms with E-state index < -0.39 is 0 Å². The van der Waals surface area contributed by atoms with Crippen LogP contribution < -0.4 is 9.64 Å². The molecule has 1 heterocycles. The molecule has 114 valence electrons. The molecular formula is C17H16BrNO3. The van der Waals surface area contributed by atoms with E-state index in [2.05, 4.69) is 15.9 Å². The number of epoxide rings is 1. The van der Waals surface area contributed by atoms with Gasteiger partial charge in [0.25, 0.3) is 5.91 Å². The quantitative estimate of drug-likeness (QED) is 0.765. The highest BCUT2D eigenvalue weighted by molar-refractivity contribution is 9.10. The minimum Gasteiger partial charge on any atom is -0.490 e. The minimum atomic E-state index is -0.106. The number of ether oxygens (including phenoxy) is 2. The summed E-state index contributed by atoms with van der Waals surface area (Å²) in [5, 5.41) is 0. The molecule has 0 bridgehead atoms. The van der Waals surface area contributed by atoms with Crippen LogP contribution in [0.4, 0.5) is 5.69 Å². The van der Waals surface area contributed by atoms with Gasteiger partial charge in [-0.2, -0.15) is 0 Å². The Balaban J connectivity index is 1.84. The highest BCUT2D eigenvalue weighted by Gasteiger charge is 2.25. The van der Waals surface area contributed by atoms with Crippen molar-refractivity contribution in [2.75, 3.05) is 25.2 Å². The Hall–Kier alpha value is -1.85. The second-order valence-corrected chi connectivity index (χ2v) is 6.02. The minimum absolute atomic E-state index is 0.106. The lowest BCUT2D eigenvalue weighted by Gasteiger charge is -2.19. The third-order valence-electron chi connectivity index (χ3n) is 3.45. The summed E-state index contributed by atoms with van der Waals surface area (Å²) in [6.07, 6.45) is 0.147. The fourth-order valence-corrected chi connectivity index (χ4v) is 2.43. The summed E-state index contributed by atoms with van der Waals surface area (Å²) in [4.78, 5) is 14.4. The third kappa shape index (κ3) is 3.48. The van der Waals surface area contributed by atoms with Crippen molar-refractivity contribution >= 4 is 27.5 Å². The van der Waals surface area contributed by atoms with E-state index in [-0.39, 0.29) is 12.0 Å². The molecule has 0 N–H and O–H groups in total. The van der Waals surface area contributed by atoms with Crippen LogP contribution in [0.25, 0.3) is 0 Å². The van der Waals surface area contributed by atoms with Crippen LogP contribution in [0.1, 0.15) is 10.4 Å². The van der Waals surface area contributed by atoms with Gasteiger partial charge >= 0.3 is 0 Å². The summed E-state index contributed by atoms with van der Waals surface area (Å²) in [5.74, 6) is 0.461. The molecule has 0 aromatic heterocycles. The second-order valence-electron chi connectivity index (χ2n) is 5.11. The molecule has 22 heavy (non-hydrogen) atoms. The van der Waals surface area contributed by atoms with E-state index in [4.69, 9.17) is 9.47 Å². The average molecular weight is 362 g/mol. The topological polar surface area (TPSA) is 42.1 Å². The zero-order valence-corrected chi connectivity index (χ0v) is 13.7. The van der Waals surface area contributed by atoms with Crippen LogP contribution in [0.15, 0.2) is 53.0 Å². The van der Waals surface area contributed by atoms with Crippen LogP contribution in [-0.4, -0.2) is 32.3 Å². The summed E-state index contributed by atoms with van der Waals surface area (Å²) in [6.45, 7) is 1.19. The van der Waals surface area contributed by atoms with Gasteiger partial charge in [-0.25, -0.2) is 0 Å². The van der Waals surface area contributed by atoms with E-state index >= 15 is 0 Å². The number of para-hydroxylation sites is 1. The maximum atomic E-state index is 12.7. The number of carbonyl (C=O) groups is 1. The molecule has 1 fully saturated rings. The van der Waals surface area contributed by atoms with Gasteiger partial charge in [0, 0.05) is 17.2 Å². The van der Waals surface area contributed by atoms with Crippen molar-refractivity contribution in [2.24, 2.45) is 0 Å². The number of benzene rings is 2. The molecule has 5 heteroatoms.